The van der Waals surface area contributed by atoms with E-state index in [0.29, 0.717) is 31.0 Å². The Morgan fingerprint density at radius 1 is 1.27 bits per heavy atom. The summed E-state index contributed by atoms with van der Waals surface area (Å²) < 4.78 is 0. The molecule has 2 aromatic rings. The lowest BCUT2D eigenvalue weighted by Crippen LogP contribution is -2.49. The van der Waals surface area contributed by atoms with Crippen LogP contribution in [0.5, 0.6) is 0 Å². The third-order valence-corrected chi connectivity index (χ3v) is 5.36. The summed E-state index contributed by atoms with van der Waals surface area (Å²) in [6, 6.07) is 9.82. The van der Waals surface area contributed by atoms with Crippen molar-refractivity contribution in [3.05, 3.63) is 63.8 Å². The first-order valence-corrected chi connectivity index (χ1v) is 9.22. The Labute approximate surface area is 151 Å². The van der Waals surface area contributed by atoms with Crippen LogP contribution in [0.25, 0.3) is 0 Å². The number of nitrogens with one attached hydrogen (secondary N) is 2. The van der Waals surface area contributed by atoms with Gasteiger partial charge >= 0.3 is 0 Å². The second-order valence-electron chi connectivity index (χ2n) is 7.44. The van der Waals surface area contributed by atoms with Crippen molar-refractivity contribution in [3.63, 3.8) is 0 Å². The molecule has 2 fully saturated rings. The number of aromatic amines is 1. The Bertz CT molecular complexity index is 839. The molecule has 4 rings (SSSR count). The molecule has 2 saturated carbocycles. The molecule has 1 amide bonds. The maximum atomic E-state index is 12.7. The standard InChI is InChI=1S/C20H23N3O3/c24-15-9-14(10-15)17(8-12-4-2-1-3-5-12)22-19(25)16-11-21-18(13-6-7-13)23-20(16)26/h1-5,11,13-15,17,24H,6-10H2,(H,22,25)(H,21,23,26). The lowest BCUT2D eigenvalue weighted by atomic mass is 9.75. The molecule has 1 unspecified atom stereocenters. The van der Waals surface area contributed by atoms with Crippen molar-refractivity contribution in [2.45, 2.75) is 50.2 Å². The summed E-state index contributed by atoms with van der Waals surface area (Å²) in [5, 5.41) is 12.6. The molecule has 2 aliphatic carbocycles. The van der Waals surface area contributed by atoms with Crippen molar-refractivity contribution in [1.29, 1.82) is 0 Å². The second-order valence-corrected chi connectivity index (χ2v) is 7.44. The molecule has 3 N–H and O–H groups in total. The quantitative estimate of drug-likeness (QED) is 0.737. The van der Waals surface area contributed by atoms with E-state index >= 15 is 0 Å². The van der Waals surface area contributed by atoms with E-state index < -0.39 is 5.91 Å². The number of carbonyl (C=O) groups excluding carboxylic acids is 1. The van der Waals surface area contributed by atoms with Crippen LogP contribution in [0.3, 0.4) is 0 Å². The summed E-state index contributed by atoms with van der Waals surface area (Å²) >= 11 is 0. The van der Waals surface area contributed by atoms with Crippen LogP contribution in [-0.2, 0) is 6.42 Å². The fraction of sp³-hybridized carbons (Fsp3) is 0.450. The average Bonchev–Trinajstić information content (AvgIpc) is 3.44. The van der Waals surface area contributed by atoms with E-state index in [1.54, 1.807) is 0 Å². The Hall–Kier alpha value is -2.47. The van der Waals surface area contributed by atoms with Gasteiger partial charge in [-0.05, 0) is 43.6 Å². The number of aliphatic hydroxyl groups excluding tert-OH is 1. The van der Waals surface area contributed by atoms with Crippen molar-refractivity contribution in [3.8, 4) is 0 Å². The van der Waals surface area contributed by atoms with Gasteiger partial charge in [-0.2, -0.15) is 0 Å². The molecular weight excluding hydrogens is 330 g/mol. The summed E-state index contributed by atoms with van der Waals surface area (Å²) in [7, 11) is 0. The third kappa shape index (κ3) is 3.70. The first-order valence-electron chi connectivity index (χ1n) is 9.22. The molecule has 6 heteroatoms. The van der Waals surface area contributed by atoms with Crippen molar-refractivity contribution in [2.75, 3.05) is 0 Å². The molecule has 0 radical (unpaired) electrons. The van der Waals surface area contributed by atoms with Crippen LogP contribution >= 0.6 is 0 Å². The number of benzene rings is 1. The number of nitrogens with zero attached hydrogens (tertiary/aromatic N) is 1. The monoisotopic (exact) mass is 353 g/mol. The molecule has 2 aliphatic rings. The number of amides is 1. The Morgan fingerprint density at radius 2 is 2.00 bits per heavy atom. The zero-order chi connectivity index (χ0) is 18.1. The number of aliphatic hydroxyl groups is 1. The zero-order valence-corrected chi connectivity index (χ0v) is 14.5. The lowest BCUT2D eigenvalue weighted by molar-refractivity contribution is 0.0239. The maximum Gasteiger partial charge on any atom is 0.263 e. The van der Waals surface area contributed by atoms with E-state index in [1.165, 1.54) is 6.20 Å². The molecule has 1 heterocycles. The van der Waals surface area contributed by atoms with Crippen molar-refractivity contribution >= 4 is 5.91 Å². The normalized spacial score (nSPS) is 23.1. The van der Waals surface area contributed by atoms with Crippen LogP contribution in [0.4, 0.5) is 0 Å². The van der Waals surface area contributed by atoms with Gasteiger partial charge in [0.15, 0.2) is 0 Å². The van der Waals surface area contributed by atoms with Crippen LogP contribution in [0, 0.1) is 5.92 Å². The molecule has 0 bridgehead atoms. The third-order valence-electron chi connectivity index (χ3n) is 5.36. The molecule has 6 nitrogen and oxygen atoms in total. The molecule has 26 heavy (non-hydrogen) atoms. The van der Waals surface area contributed by atoms with E-state index in [0.717, 1.165) is 18.4 Å². The fourth-order valence-corrected chi connectivity index (χ4v) is 3.54. The van der Waals surface area contributed by atoms with Crippen molar-refractivity contribution < 1.29 is 9.90 Å². The van der Waals surface area contributed by atoms with Gasteiger partial charge in [0.1, 0.15) is 11.4 Å². The van der Waals surface area contributed by atoms with Gasteiger partial charge in [-0.15, -0.1) is 0 Å². The summed E-state index contributed by atoms with van der Waals surface area (Å²) in [5.41, 5.74) is 0.786. The maximum absolute atomic E-state index is 12.7. The van der Waals surface area contributed by atoms with E-state index in [1.807, 2.05) is 30.3 Å². The van der Waals surface area contributed by atoms with Gasteiger partial charge in [-0.1, -0.05) is 30.3 Å². The zero-order valence-electron chi connectivity index (χ0n) is 14.5. The molecular formula is C20H23N3O3. The van der Waals surface area contributed by atoms with E-state index in [-0.39, 0.29) is 29.2 Å². The summed E-state index contributed by atoms with van der Waals surface area (Å²) in [4.78, 5) is 31.9. The SMILES string of the molecule is O=C(NC(Cc1ccccc1)C1CC(O)C1)c1cnc(C2CC2)[nH]c1=O. The van der Waals surface area contributed by atoms with Gasteiger partial charge in [0, 0.05) is 18.2 Å². The highest BCUT2D eigenvalue weighted by atomic mass is 16.3. The predicted molar refractivity (Wildman–Crippen MR) is 97.0 cm³/mol. The number of aromatic nitrogens is 2. The van der Waals surface area contributed by atoms with Crippen molar-refractivity contribution in [2.24, 2.45) is 5.92 Å². The number of hydrogen-bond acceptors (Lipinski definition) is 4. The van der Waals surface area contributed by atoms with Gasteiger partial charge in [-0.3, -0.25) is 9.59 Å². The molecule has 136 valence electrons. The minimum atomic E-state index is -0.400. The Kier molecular flexibility index (Phi) is 4.59. The number of rotatable bonds is 6. The van der Waals surface area contributed by atoms with Crippen LogP contribution in [-0.4, -0.2) is 33.1 Å². The van der Waals surface area contributed by atoms with Gasteiger partial charge < -0.3 is 15.4 Å². The highest BCUT2D eigenvalue weighted by molar-refractivity contribution is 5.93. The van der Waals surface area contributed by atoms with E-state index in [9.17, 15) is 14.7 Å². The van der Waals surface area contributed by atoms with Crippen LogP contribution < -0.4 is 10.9 Å². The summed E-state index contributed by atoms with van der Waals surface area (Å²) in [6.07, 6.45) is 5.19. The first kappa shape index (κ1) is 17.0. The Morgan fingerprint density at radius 3 is 2.62 bits per heavy atom. The Balaban J connectivity index is 1.49. The molecule has 1 atom stereocenters. The van der Waals surface area contributed by atoms with E-state index in [4.69, 9.17) is 0 Å². The smallest absolute Gasteiger partial charge is 0.263 e. The molecule has 0 aliphatic heterocycles. The van der Waals surface area contributed by atoms with Crippen LogP contribution in [0.15, 0.2) is 41.3 Å². The largest absolute Gasteiger partial charge is 0.393 e. The van der Waals surface area contributed by atoms with Gasteiger partial charge in [-0.25, -0.2) is 4.98 Å². The van der Waals surface area contributed by atoms with E-state index in [2.05, 4.69) is 15.3 Å². The summed E-state index contributed by atoms with van der Waals surface area (Å²) in [6.45, 7) is 0. The first-order chi connectivity index (χ1) is 12.6. The van der Waals surface area contributed by atoms with Crippen LogP contribution in [0.1, 0.15) is 53.3 Å². The highest BCUT2D eigenvalue weighted by Gasteiger charge is 2.35. The summed E-state index contributed by atoms with van der Waals surface area (Å²) in [5.74, 6) is 0.826. The fourth-order valence-electron chi connectivity index (χ4n) is 3.54. The molecule has 0 spiro atoms. The van der Waals surface area contributed by atoms with Gasteiger partial charge in [0.25, 0.3) is 11.5 Å². The molecule has 0 saturated heterocycles. The minimum absolute atomic E-state index is 0.0485. The highest BCUT2D eigenvalue weighted by Crippen LogP contribution is 2.37. The number of carbonyl (C=O) groups is 1. The predicted octanol–water partition coefficient (Wildman–Crippen LogP) is 1.76. The van der Waals surface area contributed by atoms with Gasteiger partial charge in [0.05, 0.1) is 6.10 Å². The minimum Gasteiger partial charge on any atom is -0.393 e. The number of H-pyrrole nitrogens is 1. The molecule has 1 aromatic carbocycles. The average molecular weight is 353 g/mol. The molecule has 1 aromatic heterocycles. The lowest BCUT2D eigenvalue weighted by Gasteiger charge is -2.38. The van der Waals surface area contributed by atoms with Crippen molar-refractivity contribution in [1.82, 2.24) is 15.3 Å². The van der Waals surface area contributed by atoms with Crippen LogP contribution in [0.2, 0.25) is 0 Å². The van der Waals surface area contributed by atoms with Gasteiger partial charge in [0.2, 0.25) is 0 Å². The topological polar surface area (TPSA) is 95.1 Å². The second kappa shape index (κ2) is 7.03. The number of hydrogen-bond donors (Lipinski definition) is 3.